The minimum Gasteiger partial charge on any atom is -0.478 e. The number of alkyl halides is 3. The van der Waals surface area contributed by atoms with E-state index < -0.39 is 23.4 Å². The molecule has 0 amide bonds. The largest absolute Gasteiger partial charge is 0.478 e. The summed E-state index contributed by atoms with van der Waals surface area (Å²) >= 11 is 0. The van der Waals surface area contributed by atoms with Gasteiger partial charge in [0.1, 0.15) is 5.52 Å². The van der Waals surface area contributed by atoms with Gasteiger partial charge >= 0.3 is 12.1 Å². The molecule has 6 nitrogen and oxygen atoms in total. The van der Waals surface area contributed by atoms with Crippen molar-refractivity contribution in [1.29, 1.82) is 0 Å². The third-order valence-electron chi connectivity index (χ3n) is 3.41. The standard InChI is InChI=1S/C15H10F3N3O3/c16-15(17,18)12-6-11-13(22)19-10(7-21(11)20-12)5-8-1-3-9(4-2-8)14(23)24/h1-4,6-7H,5H2,(H,19,22)(H,23,24). The predicted octanol–water partition coefficient (Wildman–Crippen LogP) is 2.33. The van der Waals surface area contributed by atoms with Crippen molar-refractivity contribution in [2.45, 2.75) is 12.6 Å². The zero-order chi connectivity index (χ0) is 17.5. The molecule has 0 saturated carbocycles. The van der Waals surface area contributed by atoms with Gasteiger partial charge in [0, 0.05) is 24.4 Å². The van der Waals surface area contributed by atoms with Crippen LogP contribution < -0.4 is 5.56 Å². The molecule has 0 saturated heterocycles. The highest BCUT2D eigenvalue weighted by Crippen LogP contribution is 2.28. The second kappa shape index (κ2) is 5.52. The Morgan fingerprint density at radius 3 is 2.50 bits per heavy atom. The number of aromatic amines is 1. The molecule has 0 bridgehead atoms. The number of nitrogens with zero attached hydrogens (tertiary/aromatic N) is 2. The van der Waals surface area contributed by atoms with Crippen molar-refractivity contribution in [3.05, 3.63) is 69.4 Å². The highest BCUT2D eigenvalue weighted by atomic mass is 19.4. The van der Waals surface area contributed by atoms with Crippen LogP contribution in [0.5, 0.6) is 0 Å². The first-order valence-corrected chi connectivity index (χ1v) is 6.75. The number of carbonyl (C=O) groups is 1. The zero-order valence-electron chi connectivity index (χ0n) is 12.0. The number of carboxylic acids is 1. The van der Waals surface area contributed by atoms with Crippen LogP contribution in [-0.2, 0) is 12.6 Å². The molecule has 0 unspecified atom stereocenters. The fourth-order valence-electron chi connectivity index (χ4n) is 2.27. The van der Waals surface area contributed by atoms with Gasteiger partial charge in [-0.05, 0) is 17.7 Å². The van der Waals surface area contributed by atoms with Crippen LogP contribution in [0.25, 0.3) is 5.52 Å². The maximum Gasteiger partial charge on any atom is 0.435 e. The van der Waals surface area contributed by atoms with Gasteiger partial charge in [-0.3, -0.25) is 4.79 Å². The van der Waals surface area contributed by atoms with Crippen LogP contribution in [0, 0.1) is 0 Å². The smallest absolute Gasteiger partial charge is 0.435 e. The summed E-state index contributed by atoms with van der Waals surface area (Å²) in [5, 5.41) is 12.2. The average molecular weight is 337 g/mol. The van der Waals surface area contributed by atoms with Crippen LogP contribution in [0.3, 0.4) is 0 Å². The number of halogens is 3. The van der Waals surface area contributed by atoms with E-state index in [1.165, 1.54) is 18.3 Å². The molecule has 0 aliphatic carbocycles. The van der Waals surface area contributed by atoms with Gasteiger partial charge in [0.25, 0.3) is 5.56 Å². The Bertz CT molecular complexity index is 972. The number of benzene rings is 1. The molecular weight excluding hydrogens is 327 g/mol. The lowest BCUT2D eigenvalue weighted by molar-refractivity contribution is -0.141. The van der Waals surface area contributed by atoms with Crippen molar-refractivity contribution >= 4 is 11.5 Å². The Labute approximate surface area is 132 Å². The Morgan fingerprint density at radius 2 is 1.92 bits per heavy atom. The monoisotopic (exact) mass is 337 g/mol. The summed E-state index contributed by atoms with van der Waals surface area (Å²) in [6, 6.07) is 6.63. The van der Waals surface area contributed by atoms with Crippen LogP contribution in [-0.4, -0.2) is 25.7 Å². The van der Waals surface area contributed by atoms with Crippen molar-refractivity contribution in [1.82, 2.24) is 14.6 Å². The SMILES string of the molecule is O=C(O)c1ccc(Cc2cn3nc(C(F)(F)F)cc3c(=O)[nH]2)cc1. The third kappa shape index (κ3) is 3.00. The zero-order valence-corrected chi connectivity index (χ0v) is 12.0. The quantitative estimate of drug-likeness (QED) is 0.768. The van der Waals surface area contributed by atoms with Crippen LogP contribution in [0.1, 0.15) is 27.3 Å². The van der Waals surface area contributed by atoms with E-state index in [0.717, 1.165) is 4.52 Å². The molecular formula is C15H10F3N3O3. The van der Waals surface area contributed by atoms with E-state index in [4.69, 9.17) is 5.11 Å². The molecule has 0 fully saturated rings. The number of H-pyrrole nitrogens is 1. The molecule has 2 N–H and O–H groups in total. The number of hydrogen-bond acceptors (Lipinski definition) is 3. The molecule has 2 heterocycles. The van der Waals surface area contributed by atoms with E-state index in [-0.39, 0.29) is 17.5 Å². The van der Waals surface area contributed by atoms with Gasteiger partial charge in [0.2, 0.25) is 0 Å². The summed E-state index contributed by atoms with van der Waals surface area (Å²) in [6.45, 7) is 0. The Kier molecular flexibility index (Phi) is 3.63. The lowest BCUT2D eigenvalue weighted by atomic mass is 10.1. The third-order valence-corrected chi connectivity index (χ3v) is 3.41. The second-order valence-electron chi connectivity index (χ2n) is 5.14. The van der Waals surface area contributed by atoms with Gasteiger partial charge in [0.05, 0.1) is 5.56 Å². The molecule has 3 aromatic rings. The minimum absolute atomic E-state index is 0.115. The maximum absolute atomic E-state index is 12.7. The molecule has 0 radical (unpaired) electrons. The summed E-state index contributed by atoms with van der Waals surface area (Å²) in [5.74, 6) is -1.06. The molecule has 3 rings (SSSR count). The normalized spacial score (nSPS) is 11.8. The molecule has 0 spiro atoms. The number of hydrogen-bond donors (Lipinski definition) is 2. The fraction of sp³-hybridized carbons (Fsp3) is 0.133. The van der Waals surface area contributed by atoms with E-state index in [9.17, 15) is 22.8 Å². The molecule has 0 aliphatic rings. The van der Waals surface area contributed by atoms with Crippen molar-refractivity contribution < 1.29 is 23.1 Å². The fourth-order valence-corrected chi connectivity index (χ4v) is 2.27. The Hall–Kier alpha value is -3.10. The number of aromatic carboxylic acids is 1. The molecule has 9 heteroatoms. The summed E-state index contributed by atoms with van der Waals surface area (Å²) in [7, 11) is 0. The number of carboxylic acid groups (broad SMARTS) is 1. The number of nitrogens with one attached hydrogen (secondary N) is 1. The van der Waals surface area contributed by atoms with Crippen LogP contribution in [0.4, 0.5) is 13.2 Å². The summed E-state index contributed by atoms with van der Waals surface area (Å²) in [5.41, 5.74) is -0.865. The predicted molar refractivity (Wildman–Crippen MR) is 77.0 cm³/mol. The second-order valence-corrected chi connectivity index (χ2v) is 5.14. The lowest BCUT2D eigenvalue weighted by Crippen LogP contribution is -2.13. The number of rotatable bonds is 3. The Morgan fingerprint density at radius 1 is 1.25 bits per heavy atom. The topological polar surface area (TPSA) is 87.5 Å². The number of fused-ring (bicyclic) bond motifs is 1. The van der Waals surface area contributed by atoms with Gasteiger partial charge < -0.3 is 10.1 Å². The van der Waals surface area contributed by atoms with E-state index in [1.807, 2.05) is 0 Å². The summed E-state index contributed by atoms with van der Waals surface area (Å²) in [6.07, 6.45) is -3.12. The highest BCUT2D eigenvalue weighted by molar-refractivity contribution is 5.87. The van der Waals surface area contributed by atoms with Crippen molar-refractivity contribution in [2.24, 2.45) is 0 Å². The van der Waals surface area contributed by atoms with Gasteiger partial charge in [-0.25, -0.2) is 9.31 Å². The van der Waals surface area contributed by atoms with Gasteiger partial charge in [-0.15, -0.1) is 0 Å². The lowest BCUT2D eigenvalue weighted by Gasteiger charge is -2.03. The summed E-state index contributed by atoms with van der Waals surface area (Å²) < 4.78 is 38.9. The molecule has 124 valence electrons. The minimum atomic E-state index is -4.63. The van der Waals surface area contributed by atoms with Crippen LogP contribution in [0.2, 0.25) is 0 Å². The first-order chi connectivity index (χ1) is 11.2. The molecule has 2 aromatic heterocycles. The molecule has 1 aromatic carbocycles. The van der Waals surface area contributed by atoms with Gasteiger partial charge in [-0.2, -0.15) is 18.3 Å². The van der Waals surface area contributed by atoms with Gasteiger partial charge in [-0.1, -0.05) is 12.1 Å². The van der Waals surface area contributed by atoms with Gasteiger partial charge in [0.15, 0.2) is 5.69 Å². The van der Waals surface area contributed by atoms with Crippen LogP contribution >= 0.6 is 0 Å². The van der Waals surface area contributed by atoms with E-state index in [1.54, 1.807) is 12.1 Å². The summed E-state index contributed by atoms with van der Waals surface area (Å²) in [4.78, 5) is 25.2. The molecule has 0 atom stereocenters. The van der Waals surface area contributed by atoms with Crippen molar-refractivity contribution in [2.75, 3.05) is 0 Å². The van der Waals surface area contributed by atoms with E-state index in [2.05, 4.69) is 10.1 Å². The molecule has 0 aliphatic heterocycles. The van der Waals surface area contributed by atoms with Crippen molar-refractivity contribution in [3.8, 4) is 0 Å². The molecule has 24 heavy (non-hydrogen) atoms. The van der Waals surface area contributed by atoms with E-state index >= 15 is 0 Å². The Balaban J connectivity index is 1.95. The first kappa shape index (κ1) is 15.8. The first-order valence-electron chi connectivity index (χ1n) is 6.75. The average Bonchev–Trinajstić information content (AvgIpc) is 2.92. The van der Waals surface area contributed by atoms with E-state index in [0.29, 0.717) is 17.3 Å². The van der Waals surface area contributed by atoms with Crippen molar-refractivity contribution in [3.63, 3.8) is 0 Å². The van der Waals surface area contributed by atoms with Crippen LogP contribution in [0.15, 0.2) is 41.3 Å². The maximum atomic E-state index is 12.7. The number of aromatic nitrogens is 3. The highest BCUT2D eigenvalue weighted by Gasteiger charge is 2.34.